The Kier molecular flexibility index (Phi) is 9.09. The Hall–Kier alpha value is -3.49. The van der Waals surface area contributed by atoms with E-state index in [4.69, 9.17) is 4.74 Å². The Labute approximate surface area is 254 Å². The van der Waals surface area contributed by atoms with Crippen molar-refractivity contribution in [3.05, 3.63) is 83.3 Å². The van der Waals surface area contributed by atoms with Crippen molar-refractivity contribution in [3.63, 3.8) is 0 Å². The van der Waals surface area contributed by atoms with Gasteiger partial charge in [0.15, 0.2) is 5.78 Å². The molecule has 6 nitrogen and oxygen atoms in total. The van der Waals surface area contributed by atoms with Crippen LogP contribution in [0.4, 0.5) is 10.1 Å². The third-order valence-electron chi connectivity index (χ3n) is 8.43. The maximum Gasteiger partial charge on any atom is 0.261 e. The molecule has 8 heteroatoms. The summed E-state index contributed by atoms with van der Waals surface area (Å²) < 4.78 is 49.4. The highest BCUT2D eigenvalue weighted by atomic mass is 32.2. The lowest BCUT2D eigenvalue weighted by atomic mass is 9.87. The topological polar surface area (TPSA) is 88.3 Å². The summed E-state index contributed by atoms with van der Waals surface area (Å²) in [5.41, 5.74) is 4.06. The fourth-order valence-electron chi connectivity index (χ4n) is 5.74. The van der Waals surface area contributed by atoms with E-state index in [0.717, 1.165) is 50.9 Å². The maximum absolute atomic E-state index is 14.7. The molecule has 0 atom stereocenters. The number of Topliss-reactive ketones (excluding diaryl/α,β-unsaturated/α-hetero) is 1. The minimum Gasteiger partial charge on any atom is -0.381 e. The highest BCUT2D eigenvalue weighted by Gasteiger charge is 2.22. The number of carbonyl (C=O) groups is 1. The number of hydrogen-bond donors (Lipinski definition) is 2. The molecule has 0 bridgehead atoms. The molecule has 1 saturated heterocycles. The van der Waals surface area contributed by atoms with E-state index in [1.165, 1.54) is 6.07 Å². The van der Waals surface area contributed by atoms with Crippen LogP contribution in [-0.4, -0.2) is 32.4 Å². The van der Waals surface area contributed by atoms with Crippen LogP contribution in [0.5, 0.6) is 0 Å². The molecule has 2 heterocycles. The van der Waals surface area contributed by atoms with E-state index in [-0.39, 0.29) is 21.9 Å². The van der Waals surface area contributed by atoms with Crippen molar-refractivity contribution in [2.75, 3.05) is 17.9 Å². The third kappa shape index (κ3) is 7.19. The number of H-pyrrole nitrogens is 1. The van der Waals surface area contributed by atoms with Crippen LogP contribution in [-0.2, 0) is 20.2 Å². The van der Waals surface area contributed by atoms with Crippen LogP contribution < -0.4 is 4.72 Å². The SMILES string of the molecule is Cc1ccc(-c2c(C(=O)CCCCC3CCOCC3)[nH]c3ccc(NS(=O)(=O)c4ccc(C(C)(C)C)cc4)cc23)cc1F. The number of sulfonamides is 1. The zero-order valence-corrected chi connectivity index (χ0v) is 26.2. The zero-order valence-electron chi connectivity index (χ0n) is 25.4. The van der Waals surface area contributed by atoms with Crippen LogP contribution in [0.3, 0.4) is 0 Å². The number of aryl methyl sites for hydroxylation is 1. The summed E-state index contributed by atoms with van der Waals surface area (Å²) in [6, 6.07) is 16.9. The van der Waals surface area contributed by atoms with Gasteiger partial charge in [-0.25, -0.2) is 12.8 Å². The van der Waals surface area contributed by atoms with Gasteiger partial charge in [-0.3, -0.25) is 9.52 Å². The smallest absolute Gasteiger partial charge is 0.261 e. The van der Waals surface area contributed by atoms with Crippen molar-refractivity contribution in [2.45, 2.75) is 76.5 Å². The lowest BCUT2D eigenvalue weighted by molar-refractivity contribution is 0.0630. The first kappa shape index (κ1) is 31.0. The first-order chi connectivity index (χ1) is 20.4. The molecule has 2 N–H and O–H groups in total. The highest BCUT2D eigenvalue weighted by Crippen LogP contribution is 2.36. The number of hydrogen-bond acceptors (Lipinski definition) is 4. The number of ether oxygens (including phenoxy) is 1. The average Bonchev–Trinajstić information content (AvgIpc) is 3.35. The maximum atomic E-state index is 14.7. The Balaban J connectivity index is 1.43. The normalized spacial score (nSPS) is 14.7. The summed E-state index contributed by atoms with van der Waals surface area (Å²) in [7, 11) is -3.86. The number of anilines is 1. The molecule has 228 valence electrons. The molecule has 5 rings (SSSR count). The van der Waals surface area contributed by atoms with Gasteiger partial charge in [-0.15, -0.1) is 0 Å². The fourth-order valence-corrected chi connectivity index (χ4v) is 6.79. The van der Waals surface area contributed by atoms with Gasteiger partial charge in [-0.05, 0) is 90.6 Å². The van der Waals surface area contributed by atoms with E-state index in [0.29, 0.717) is 51.3 Å². The number of carbonyl (C=O) groups excluding carboxylic acids is 1. The fraction of sp³-hybridized carbons (Fsp3) is 0.400. The molecule has 1 aliphatic heterocycles. The van der Waals surface area contributed by atoms with Gasteiger partial charge in [0.05, 0.1) is 10.6 Å². The summed E-state index contributed by atoms with van der Waals surface area (Å²) in [6.07, 6.45) is 5.35. The van der Waals surface area contributed by atoms with Gasteiger partial charge >= 0.3 is 0 Å². The van der Waals surface area contributed by atoms with E-state index in [1.807, 2.05) is 12.1 Å². The van der Waals surface area contributed by atoms with Gasteiger partial charge in [0.25, 0.3) is 10.0 Å². The predicted octanol–water partition coefficient (Wildman–Crippen LogP) is 8.55. The van der Waals surface area contributed by atoms with Crippen LogP contribution in [0.1, 0.15) is 80.9 Å². The molecule has 0 unspecified atom stereocenters. The zero-order chi connectivity index (χ0) is 30.8. The molecule has 4 aromatic rings. The minimum atomic E-state index is -3.86. The van der Waals surface area contributed by atoms with Crippen LogP contribution >= 0.6 is 0 Å². The van der Waals surface area contributed by atoms with Gasteiger partial charge < -0.3 is 9.72 Å². The molecule has 0 spiro atoms. The summed E-state index contributed by atoms with van der Waals surface area (Å²) in [5, 5.41) is 0.650. The highest BCUT2D eigenvalue weighted by molar-refractivity contribution is 7.92. The summed E-state index contributed by atoms with van der Waals surface area (Å²) in [6.45, 7) is 9.55. The van der Waals surface area contributed by atoms with Crippen LogP contribution in [0.15, 0.2) is 65.6 Å². The monoisotopic (exact) mass is 604 g/mol. The number of aromatic amines is 1. The largest absolute Gasteiger partial charge is 0.381 e. The van der Waals surface area contributed by atoms with Gasteiger partial charge in [0, 0.05) is 41.8 Å². The van der Waals surface area contributed by atoms with Crippen molar-refractivity contribution < 1.29 is 22.3 Å². The quantitative estimate of drug-likeness (QED) is 0.140. The van der Waals surface area contributed by atoms with Gasteiger partial charge in [-0.1, -0.05) is 57.9 Å². The van der Waals surface area contributed by atoms with Gasteiger partial charge in [0.2, 0.25) is 0 Å². The number of nitrogens with one attached hydrogen (secondary N) is 2. The summed E-state index contributed by atoms with van der Waals surface area (Å²) in [4.78, 5) is 17.0. The Morgan fingerprint density at radius 3 is 2.40 bits per heavy atom. The van der Waals surface area contributed by atoms with Gasteiger partial charge in [0.1, 0.15) is 5.82 Å². The molecule has 1 fully saturated rings. The second-order valence-corrected chi connectivity index (χ2v) is 14.4. The average molecular weight is 605 g/mol. The number of halogens is 1. The van der Waals surface area contributed by atoms with E-state index < -0.39 is 10.0 Å². The number of unbranched alkanes of at least 4 members (excludes halogenated alkanes) is 1. The van der Waals surface area contributed by atoms with Crippen molar-refractivity contribution in [1.82, 2.24) is 4.98 Å². The number of fused-ring (bicyclic) bond motifs is 1. The molecule has 43 heavy (non-hydrogen) atoms. The van der Waals surface area contributed by atoms with Crippen molar-refractivity contribution in [2.24, 2.45) is 5.92 Å². The Morgan fingerprint density at radius 1 is 1.00 bits per heavy atom. The standard InChI is InChI=1S/C35H41FN2O4S/c1-23-9-10-25(21-30(23)36)33-29-22-27(38-43(40,41)28-14-11-26(12-15-28)35(2,3)4)13-16-31(29)37-34(33)32(39)8-6-5-7-24-17-19-42-20-18-24/h9-16,21-22,24,37-38H,5-8,17-20H2,1-4H3. The summed E-state index contributed by atoms with van der Waals surface area (Å²) in [5.74, 6) is 0.249. The molecular weight excluding hydrogens is 563 g/mol. The van der Waals surface area contributed by atoms with Crippen LogP contribution in [0, 0.1) is 18.7 Å². The predicted molar refractivity (Wildman–Crippen MR) is 171 cm³/mol. The van der Waals surface area contributed by atoms with Crippen molar-refractivity contribution in [3.8, 4) is 11.1 Å². The Bertz CT molecular complexity index is 1710. The summed E-state index contributed by atoms with van der Waals surface area (Å²) >= 11 is 0. The van der Waals surface area contributed by atoms with E-state index in [9.17, 15) is 17.6 Å². The van der Waals surface area contributed by atoms with Gasteiger partial charge in [-0.2, -0.15) is 0 Å². The molecule has 0 saturated carbocycles. The van der Waals surface area contributed by atoms with E-state index in [1.54, 1.807) is 49.4 Å². The Morgan fingerprint density at radius 2 is 1.72 bits per heavy atom. The van der Waals surface area contributed by atoms with Crippen LogP contribution in [0.2, 0.25) is 0 Å². The van der Waals surface area contributed by atoms with E-state index in [2.05, 4.69) is 30.5 Å². The second-order valence-electron chi connectivity index (χ2n) is 12.7. The molecule has 1 aromatic heterocycles. The lowest BCUT2D eigenvalue weighted by Crippen LogP contribution is -2.15. The van der Waals surface area contributed by atoms with Crippen molar-refractivity contribution in [1.29, 1.82) is 0 Å². The first-order valence-electron chi connectivity index (χ1n) is 15.1. The van der Waals surface area contributed by atoms with Crippen molar-refractivity contribution >= 4 is 32.4 Å². The first-order valence-corrected chi connectivity index (χ1v) is 16.6. The minimum absolute atomic E-state index is 0.0415. The molecule has 0 radical (unpaired) electrons. The number of ketones is 1. The number of benzene rings is 3. The molecule has 3 aromatic carbocycles. The second kappa shape index (κ2) is 12.6. The molecular formula is C35H41FN2O4S. The molecule has 0 amide bonds. The van der Waals surface area contributed by atoms with E-state index >= 15 is 0 Å². The third-order valence-corrected chi connectivity index (χ3v) is 9.83. The van der Waals surface area contributed by atoms with Crippen LogP contribution in [0.25, 0.3) is 22.0 Å². The number of rotatable bonds is 10. The molecule has 1 aliphatic rings. The molecule has 0 aliphatic carbocycles. The lowest BCUT2D eigenvalue weighted by Gasteiger charge is -2.21. The number of aromatic nitrogens is 1.